The first-order valence-electron chi connectivity index (χ1n) is 9.90. The molecule has 0 bridgehead atoms. The molecule has 2 aromatic carbocycles. The van der Waals surface area contributed by atoms with Crippen molar-refractivity contribution >= 4 is 17.8 Å². The molecule has 1 aromatic heterocycles. The second kappa shape index (κ2) is 9.03. The van der Waals surface area contributed by atoms with E-state index in [0.29, 0.717) is 16.8 Å². The van der Waals surface area contributed by atoms with Crippen LogP contribution in [0.4, 0.5) is 5.82 Å². The van der Waals surface area contributed by atoms with E-state index in [1.54, 1.807) is 66.7 Å². The van der Waals surface area contributed by atoms with Crippen molar-refractivity contribution in [3.05, 3.63) is 94.0 Å². The molecule has 0 aliphatic carbocycles. The van der Waals surface area contributed by atoms with Gasteiger partial charge in [-0.05, 0) is 24.3 Å². The number of nitrogens with two attached hydrogens (primary N) is 1. The molecular formula is C23H21N3O6. The van der Waals surface area contributed by atoms with Gasteiger partial charge in [-0.15, -0.1) is 0 Å². The number of fused-ring (bicyclic) bond motifs is 1. The van der Waals surface area contributed by atoms with Gasteiger partial charge < -0.3 is 19.9 Å². The number of nitrogen functional groups attached to an aromatic ring is 1. The molecule has 0 spiro atoms. The molecule has 32 heavy (non-hydrogen) atoms. The number of carbonyl (C=O) groups excluding carboxylic acids is 2. The lowest BCUT2D eigenvalue weighted by molar-refractivity contribution is -0.152. The topological polar surface area (TPSA) is 123 Å². The third-order valence-electron chi connectivity index (χ3n) is 5.07. The number of anilines is 1. The van der Waals surface area contributed by atoms with Gasteiger partial charge in [0.25, 0.3) is 0 Å². The zero-order valence-electron chi connectivity index (χ0n) is 17.1. The maximum atomic E-state index is 12.5. The third-order valence-corrected chi connectivity index (χ3v) is 5.07. The van der Waals surface area contributed by atoms with E-state index in [1.807, 2.05) is 0 Å². The highest BCUT2D eigenvalue weighted by Crippen LogP contribution is 2.26. The highest BCUT2D eigenvalue weighted by Gasteiger charge is 2.40. The van der Waals surface area contributed by atoms with Crippen molar-refractivity contribution in [3.8, 4) is 0 Å². The normalized spacial score (nSPS) is 14.2. The van der Waals surface area contributed by atoms with Crippen molar-refractivity contribution in [2.45, 2.75) is 18.8 Å². The van der Waals surface area contributed by atoms with Crippen LogP contribution >= 0.6 is 0 Å². The van der Waals surface area contributed by atoms with Gasteiger partial charge in [-0.2, -0.15) is 4.98 Å². The summed E-state index contributed by atoms with van der Waals surface area (Å²) >= 11 is 0. The molecule has 0 fully saturated rings. The molecule has 9 heteroatoms. The third kappa shape index (κ3) is 4.68. The van der Waals surface area contributed by atoms with Crippen molar-refractivity contribution < 1.29 is 23.8 Å². The molecule has 0 amide bonds. The van der Waals surface area contributed by atoms with E-state index >= 15 is 0 Å². The lowest BCUT2D eigenvalue weighted by Crippen LogP contribution is -2.51. The molecule has 0 radical (unpaired) electrons. The van der Waals surface area contributed by atoms with Crippen molar-refractivity contribution in [1.29, 1.82) is 0 Å². The van der Waals surface area contributed by atoms with E-state index in [2.05, 4.69) is 4.98 Å². The SMILES string of the molecule is Nc1cc2n(c(=O)n1)COC(COC(=O)c1ccccc1)(COC(=O)c1ccccc1)C2. The molecule has 0 saturated carbocycles. The van der Waals surface area contributed by atoms with Crippen LogP contribution < -0.4 is 11.4 Å². The number of aromatic nitrogens is 2. The van der Waals surface area contributed by atoms with Gasteiger partial charge in [-0.25, -0.2) is 14.4 Å². The molecule has 1 aliphatic rings. The summed E-state index contributed by atoms with van der Waals surface area (Å²) in [5.41, 5.74) is 5.29. The van der Waals surface area contributed by atoms with Gasteiger partial charge in [0.05, 0.1) is 11.1 Å². The largest absolute Gasteiger partial charge is 0.459 e. The van der Waals surface area contributed by atoms with E-state index in [4.69, 9.17) is 19.9 Å². The summed E-state index contributed by atoms with van der Waals surface area (Å²) in [5.74, 6) is -1.01. The molecule has 0 saturated heterocycles. The van der Waals surface area contributed by atoms with Crippen molar-refractivity contribution in [2.24, 2.45) is 0 Å². The fourth-order valence-electron chi connectivity index (χ4n) is 3.38. The first kappa shape index (κ1) is 21.3. The summed E-state index contributed by atoms with van der Waals surface area (Å²) in [5, 5.41) is 0. The minimum absolute atomic E-state index is 0.0691. The van der Waals surface area contributed by atoms with Crippen LogP contribution in [-0.2, 0) is 27.4 Å². The predicted octanol–water partition coefficient (Wildman–Crippen LogP) is 1.81. The molecule has 0 atom stereocenters. The predicted molar refractivity (Wildman–Crippen MR) is 114 cm³/mol. The van der Waals surface area contributed by atoms with E-state index < -0.39 is 23.2 Å². The Bertz CT molecular complexity index is 1120. The lowest BCUT2D eigenvalue weighted by Gasteiger charge is -2.37. The summed E-state index contributed by atoms with van der Waals surface area (Å²) in [6, 6.07) is 18.6. The number of ether oxygens (including phenoxy) is 3. The summed E-state index contributed by atoms with van der Waals surface area (Å²) in [6.45, 7) is -0.536. The minimum Gasteiger partial charge on any atom is -0.459 e. The number of rotatable bonds is 6. The van der Waals surface area contributed by atoms with Crippen LogP contribution in [-0.4, -0.2) is 40.3 Å². The number of benzene rings is 2. The fraction of sp³-hybridized carbons (Fsp3) is 0.217. The summed E-state index contributed by atoms with van der Waals surface area (Å²) in [4.78, 5) is 40.8. The number of esters is 2. The Balaban J connectivity index is 1.55. The zero-order chi connectivity index (χ0) is 22.6. The van der Waals surface area contributed by atoms with E-state index in [1.165, 1.54) is 4.57 Å². The Morgan fingerprint density at radius 1 is 0.969 bits per heavy atom. The maximum Gasteiger partial charge on any atom is 0.351 e. The summed E-state index contributed by atoms with van der Waals surface area (Å²) in [7, 11) is 0. The first-order valence-corrected chi connectivity index (χ1v) is 9.90. The average Bonchev–Trinajstić information content (AvgIpc) is 2.82. The molecule has 164 valence electrons. The standard InChI is InChI=1S/C23H21N3O6/c24-19-11-18-12-23(32-15-26(18)22(29)25-19,13-30-20(27)16-7-3-1-4-8-16)14-31-21(28)17-9-5-2-6-10-17/h1-11H,12-15H2,(H2,24,25,29). The van der Waals surface area contributed by atoms with Gasteiger partial charge in [-0.1, -0.05) is 36.4 Å². The average molecular weight is 435 g/mol. The molecule has 4 rings (SSSR count). The summed E-state index contributed by atoms with van der Waals surface area (Å²) < 4.78 is 18.2. The Kier molecular flexibility index (Phi) is 6.00. The highest BCUT2D eigenvalue weighted by atomic mass is 16.6. The number of hydrogen-bond donors (Lipinski definition) is 1. The highest BCUT2D eigenvalue weighted by molar-refractivity contribution is 5.89. The number of carbonyl (C=O) groups is 2. The van der Waals surface area contributed by atoms with Gasteiger partial charge in [-0.3, -0.25) is 4.57 Å². The van der Waals surface area contributed by atoms with E-state index in [0.717, 1.165) is 0 Å². The van der Waals surface area contributed by atoms with Crippen LogP contribution in [0.15, 0.2) is 71.5 Å². The number of hydrogen-bond acceptors (Lipinski definition) is 8. The van der Waals surface area contributed by atoms with E-state index in [-0.39, 0.29) is 32.2 Å². The fourth-order valence-corrected chi connectivity index (χ4v) is 3.38. The summed E-state index contributed by atoms with van der Waals surface area (Å²) in [6.07, 6.45) is 0.124. The van der Waals surface area contributed by atoms with Crippen LogP contribution in [0, 0.1) is 0 Å². The van der Waals surface area contributed by atoms with Crippen LogP contribution in [0.2, 0.25) is 0 Å². The molecule has 1 aliphatic heterocycles. The Morgan fingerprint density at radius 2 is 1.50 bits per heavy atom. The van der Waals surface area contributed by atoms with Crippen molar-refractivity contribution in [1.82, 2.24) is 9.55 Å². The first-order chi connectivity index (χ1) is 15.5. The zero-order valence-corrected chi connectivity index (χ0v) is 17.1. The van der Waals surface area contributed by atoms with Crippen molar-refractivity contribution in [2.75, 3.05) is 18.9 Å². The Labute approximate surface area is 183 Å². The van der Waals surface area contributed by atoms with Gasteiger partial charge in [0.2, 0.25) is 0 Å². The van der Waals surface area contributed by atoms with Crippen LogP contribution in [0.5, 0.6) is 0 Å². The molecule has 2 N–H and O–H groups in total. The van der Waals surface area contributed by atoms with Crippen LogP contribution in [0.3, 0.4) is 0 Å². The van der Waals surface area contributed by atoms with Gasteiger partial charge >= 0.3 is 17.6 Å². The van der Waals surface area contributed by atoms with Crippen molar-refractivity contribution in [3.63, 3.8) is 0 Å². The van der Waals surface area contributed by atoms with Gasteiger partial charge in [0.1, 0.15) is 31.4 Å². The Morgan fingerprint density at radius 3 is 2.03 bits per heavy atom. The quantitative estimate of drug-likeness (QED) is 0.582. The number of nitrogens with zero attached hydrogens (tertiary/aromatic N) is 2. The smallest absolute Gasteiger partial charge is 0.351 e. The molecular weight excluding hydrogens is 414 g/mol. The van der Waals surface area contributed by atoms with Gasteiger partial charge in [0, 0.05) is 18.2 Å². The molecule has 2 heterocycles. The van der Waals surface area contributed by atoms with Crippen LogP contribution in [0.25, 0.3) is 0 Å². The molecule has 9 nitrogen and oxygen atoms in total. The second-order valence-corrected chi connectivity index (χ2v) is 7.40. The van der Waals surface area contributed by atoms with E-state index in [9.17, 15) is 14.4 Å². The molecule has 3 aromatic rings. The maximum absolute atomic E-state index is 12.5. The second-order valence-electron chi connectivity index (χ2n) is 7.40. The Hall–Kier alpha value is -3.98. The minimum atomic E-state index is -1.20. The monoisotopic (exact) mass is 435 g/mol. The lowest BCUT2D eigenvalue weighted by atomic mass is 9.97. The molecule has 0 unspecified atom stereocenters. The van der Waals surface area contributed by atoms with Crippen LogP contribution in [0.1, 0.15) is 26.4 Å². The van der Waals surface area contributed by atoms with Gasteiger partial charge in [0.15, 0.2) is 0 Å².